The van der Waals surface area contributed by atoms with Crippen LogP contribution in [0.5, 0.6) is 0 Å². The Bertz CT molecular complexity index is 2780. The molecule has 0 amide bonds. The van der Waals surface area contributed by atoms with Crippen LogP contribution in [-0.2, 0) is 0 Å². The van der Waals surface area contributed by atoms with Gasteiger partial charge in [0.2, 0.25) is 0 Å². The van der Waals surface area contributed by atoms with Crippen LogP contribution in [-0.4, -0.2) is 24.5 Å². The van der Waals surface area contributed by atoms with Crippen LogP contribution in [0, 0.1) is 0 Å². The van der Waals surface area contributed by atoms with E-state index >= 15 is 0 Å². The number of hydrogen-bond donors (Lipinski definition) is 0. The lowest BCUT2D eigenvalue weighted by molar-refractivity contribution is 1.07. The number of rotatable bonds is 6. The lowest BCUT2D eigenvalue weighted by atomic mass is 10.0. The molecule has 0 fully saturated rings. The van der Waals surface area contributed by atoms with Crippen LogP contribution in [0.4, 0.5) is 0 Å². The van der Waals surface area contributed by atoms with Gasteiger partial charge in [0.15, 0.2) is 17.5 Å². The first-order valence-electron chi connectivity index (χ1n) is 18.0. The van der Waals surface area contributed by atoms with Gasteiger partial charge in [-0.3, -0.25) is 4.98 Å². The molecule has 3 heterocycles. The van der Waals surface area contributed by atoms with E-state index in [4.69, 9.17) is 15.0 Å². The molecule has 230 valence electrons. The first-order valence-corrected chi connectivity index (χ1v) is 16.0. The Labute approximate surface area is 289 Å². The van der Waals surface area contributed by atoms with E-state index in [2.05, 4.69) is 33.8 Å². The summed E-state index contributed by atoms with van der Waals surface area (Å²) in [6, 6.07) is 44.4. The number of aromatic nitrogens is 5. The zero-order valence-electron chi connectivity index (χ0n) is 30.2. The summed E-state index contributed by atoms with van der Waals surface area (Å²) in [4.78, 5) is 18.5. The van der Waals surface area contributed by atoms with Gasteiger partial charge in [-0.1, -0.05) is 127 Å². The third-order valence-electron chi connectivity index (χ3n) is 8.63. The minimum Gasteiger partial charge on any atom is -0.309 e. The summed E-state index contributed by atoms with van der Waals surface area (Å²) in [6.07, 6.45) is 3.54. The van der Waals surface area contributed by atoms with Crippen LogP contribution < -0.4 is 0 Å². The summed E-state index contributed by atoms with van der Waals surface area (Å²) in [7, 11) is 0. The molecule has 0 radical (unpaired) electrons. The van der Waals surface area contributed by atoms with Gasteiger partial charge >= 0.3 is 0 Å². The molecule has 0 aliphatic carbocycles. The highest BCUT2D eigenvalue weighted by atomic mass is 15.0. The zero-order valence-corrected chi connectivity index (χ0v) is 26.2. The molecule has 9 aromatic rings. The molecule has 0 saturated carbocycles. The maximum atomic E-state index is 9.24. The summed E-state index contributed by atoms with van der Waals surface area (Å²) in [6.45, 7) is 0. The molecule has 3 aromatic heterocycles. The molecule has 0 atom stereocenters. The highest BCUT2D eigenvalue weighted by Crippen LogP contribution is 2.35. The van der Waals surface area contributed by atoms with E-state index in [1.165, 1.54) is 0 Å². The highest BCUT2D eigenvalue weighted by molar-refractivity contribution is 6.10. The van der Waals surface area contributed by atoms with Crippen LogP contribution in [0.3, 0.4) is 0 Å². The predicted molar refractivity (Wildman–Crippen MR) is 199 cm³/mol. The minimum absolute atomic E-state index is 0.0123. The smallest absolute Gasteiger partial charge is 0.164 e. The van der Waals surface area contributed by atoms with Crippen molar-refractivity contribution in [3.05, 3.63) is 176 Å². The van der Waals surface area contributed by atoms with Crippen molar-refractivity contribution >= 4 is 21.8 Å². The van der Waals surface area contributed by atoms with Crippen molar-refractivity contribution in [3.63, 3.8) is 0 Å². The lowest BCUT2D eigenvalue weighted by Crippen LogP contribution is -2.00. The molecule has 0 saturated heterocycles. The standard InChI is InChI=1S/C44H29N5/c1-3-10-32(11-4-1)42-46-43(48-44(47-42)34-23-19-31(20-24-34)36-12-9-27-45-29-36)33-21-17-30(18-22-33)35-25-26-41-39(28-35)38-15-7-8-16-40(38)49(41)37-13-5-2-6-14-37/h1-29H/i17D,18D,21D,22D. The minimum atomic E-state index is -0.226. The van der Waals surface area contributed by atoms with Gasteiger partial charge in [0.1, 0.15) is 0 Å². The largest absolute Gasteiger partial charge is 0.309 e. The molecular formula is C44H29N5. The zero-order chi connectivity index (χ0) is 36.1. The Morgan fingerprint density at radius 2 is 0.959 bits per heavy atom. The van der Waals surface area contributed by atoms with Gasteiger partial charge in [-0.05, 0) is 58.7 Å². The summed E-state index contributed by atoms with van der Waals surface area (Å²) in [5, 5.41) is 1.98. The fourth-order valence-electron chi connectivity index (χ4n) is 6.23. The van der Waals surface area contributed by atoms with Crippen molar-refractivity contribution in [1.29, 1.82) is 0 Å². The predicted octanol–water partition coefficient (Wildman–Crippen LogP) is 10.7. The van der Waals surface area contributed by atoms with Crippen LogP contribution in [0.1, 0.15) is 5.48 Å². The molecule has 5 heteroatoms. The molecule has 0 N–H and O–H groups in total. The lowest BCUT2D eigenvalue weighted by Gasteiger charge is -2.10. The first-order chi connectivity index (χ1) is 26.0. The Kier molecular flexibility index (Phi) is 6.06. The van der Waals surface area contributed by atoms with E-state index in [0.717, 1.165) is 44.2 Å². The van der Waals surface area contributed by atoms with E-state index < -0.39 is 0 Å². The summed E-state index contributed by atoms with van der Waals surface area (Å²) < 4.78 is 39.2. The monoisotopic (exact) mass is 631 g/mol. The Balaban J connectivity index is 1.19. The van der Waals surface area contributed by atoms with Gasteiger partial charge in [0.25, 0.3) is 0 Å². The third kappa shape index (κ3) is 5.33. The van der Waals surface area contributed by atoms with E-state index in [1.807, 2.05) is 115 Å². The quantitative estimate of drug-likeness (QED) is 0.183. The molecule has 49 heavy (non-hydrogen) atoms. The van der Waals surface area contributed by atoms with Crippen molar-refractivity contribution in [1.82, 2.24) is 24.5 Å². The van der Waals surface area contributed by atoms with Crippen LogP contribution in [0.2, 0.25) is 0 Å². The molecular weight excluding hydrogens is 599 g/mol. The Morgan fingerprint density at radius 3 is 1.67 bits per heavy atom. The van der Waals surface area contributed by atoms with Crippen LogP contribution >= 0.6 is 0 Å². The van der Waals surface area contributed by atoms with Crippen LogP contribution in [0.25, 0.3) is 83.9 Å². The number of fused-ring (bicyclic) bond motifs is 3. The first kappa shape index (κ1) is 24.5. The number of benzene rings is 6. The van der Waals surface area contributed by atoms with Crippen molar-refractivity contribution in [2.75, 3.05) is 0 Å². The van der Waals surface area contributed by atoms with Gasteiger partial charge in [0, 0.05) is 45.5 Å². The fourth-order valence-corrected chi connectivity index (χ4v) is 6.23. The molecule has 0 aliphatic rings. The summed E-state index contributed by atoms with van der Waals surface area (Å²) in [5.74, 6) is 0.783. The van der Waals surface area contributed by atoms with Crippen molar-refractivity contribution in [3.8, 4) is 62.1 Å². The number of hydrogen-bond acceptors (Lipinski definition) is 4. The number of para-hydroxylation sites is 2. The second-order valence-electron chi connectivity index (χ2n) is 11.7. The molecule has 5 nitrogen and oxygen atoms in total. The summed E-state index contributed by atoms with van der Waals surface area (Å²) >= 11 is 0. The van der Waals surface area contributed by atoms with Gasteiger partial charge in [0.05, 0.1) is 16.5 Å². The Hall–Kier alpha value is -6.72. The number of nitrogens with zero attached hydrogens (tertiary/aromatic N) is 5. The van der Waals surface area contributed by atoms with Crippen molar-refractivity contribution in [2.45, 2.75) is 0 Å². The van der Waals surface area contributed by atoms with Crippen molar-refractivity contribution in [2.24, 2.45) is 0 Å². The van der Waals surface area contributed by atoms with E-state index in [0.29, 0.717) is 22.8 Å². The Morgan fingerprint density at radius 1 is 0.408 bits per heavy atom. The topological polar surface area (TPSA) is 56.5 Å². The van der Waals surface area contributed by atoms with E-state index in [1.54, 1.807) is 12.4 Å². The van der Waals surface area contributed by atoms with E-state index in [-0.39, 0.29) is 41.1 Å². The second-order valence-corrected chi connectivity index (χ2v) is 11.7. The molecule has 9 rings (SSSR count). The second kappa shape index (κ2) is 12.1. The fraction of sp³-hybridized carbons (Fsp3) is 0. The van der Waals surface area contributed by atoms with E-state index in [9.17, 15) is 5.48 Å². The third-order valence-corrected chi connectivity index (χ3v) is 8.63. The van der Waals surface area contributed by atoms with Gasteiger partial charge < -0.3 is 4.57 Å². The molecule has 0 spiro atoms. The molecule has 0 unspecified atom stereocenters. The van der Waals surface area contributed by atoms with Crippen molar-refractivity contribution < 1.29 is 5.48 Å². The maximum Gasteiger partial charge on any atom is 0.164 e. The molecule has 6 aromatic carbocycles. The molecule has 0 aliphatic heterocycles. The van der Waals surface area contributed by atoms with Gasteiger partial charge in [-0.15, -0.1) is 0 Å². The molecule has 0 bridgehead atoms. The average molecular weight is 632 g/mol. The SMILES string of the molecule is [2H]c1c([2H])c(-c2nc(-c3ccccc3)nc(-c3ccc(-c4cccnc4)cc3)n2)c([2H])c([2H])c1-c1ccc2c(c1)c1ccccc1n2-c1ccccc1. The maximum absolute atomic E-state index is 9.24. The summed E-state index contributed by atoms with van der Waals surface area (Å²) in [5.41, 5.74) is 7.27. The van der Waals surface area contributed by atoms with Gasteiger partial charge in [-0.2, -0.15) is 0 Å². The number of pyridine rings is 1. The average Bonchev–Trinajstić information content (AvgIpc) is 3.55. The highest BCUT2D eigenvalue weighted by Gasteiger charge is 2.15. The van der Waals surface area contributed by atoms with Gasteiger partial charge in [-0.25, -0.2) is 15.0 Å². The van der Waals surface area contributed by atoms with Crippen LogP contribution in [0.15, 0.2) is 176 Å². The normalized spacial score (nSPS) is 12.4.